The zero-order valence-corrected chi connectivity index (χ0v) is 7.51. The third-order valence-corrected chi connectivity index (χ3v) is 2.12. The molecule has 1 atom stereocenters. The fourth-order valence-electron chi connectivity index (χ4n) is 0.759. The minimum atomic E-state index is -0.258. The number of alkyl halides is 1. The van der Waals surface area contributed by atoms with Crippen LogP contribution in [0.25, 0.3) is 0 Å². The van der Waals surface area contributed by atoms with Gasteiger partial charge in [0.05, 0.1) is 0 Å². The number of halogens is 1. The quantitative estimate of drug-likeness (QED) is 0.599. The average molecular weight is 165 g/mol. The third-order valence-electron chi connectivity index (χ3n) is 1.22. The van der Waals surface area contributed by atoms with Crippen LogP contribution in [0.3, 0.4) is 0 Å². The van der Waals surface area contributed by atoms with Gasteiger partial charge < -0.3 is 5.32 Å². The van der Waals surface area contributed by atoms with Crippen LogP contribution in [-0.2, 0) is 0 Å². The maximum absolute atomic E-state index is 11.6. The largest absolute Gasteiger partial charge is 0.314 e. The highest BCUT2D eigenvalue weighted by molar-refractivity contribution is 7.98. The van der Waals surface area contributed by atoms with E-state index in [1.54, 1.807) is 0 Å². The standard InChI is InChI=1S/C7H16FNS/c1-7(6-10-2)5-9-4-3-8/h7,9H,3-6H2,1-2H3. The summed E-state index contributed by atoms with van der Waals surface area (Å²) in [6, 6.07) is 0. The summed E-state index contributed by atoms with van der Waals surface area (Å²) in [5.41, 5.74) is 0. The van der Waals surface area contributed by atoms with Crippen molar-refractivity contribution in [3.05, 3.63) is 0 Å². The predicted molar refractivity (Wildman–Crippen MR) is 46.4 cm³/mol. The Morgan fingerprint density at radius 3 is 2.80 bits per heavy atom. The van der Waals surface area contributed by atoms with Crippen molar-refractivity contribution in [3.63, 3.8) is 0 Å². The molecule has 1 nitrogen and oxygen atoms in total. The van der Waals surface area contributed by atoms with Gasteiger partial charge in [0.15, 0.2) is 0 Å². The molecule has 0 aromatic rings. The lowest BCUT2D eigenvalue weighted by Crippen LogP contribution is -2.24. The normalized spacial score (nSPS) is 13.5. The highest BCUT2D eigenvalue weighted by atomic mass is 32.2. The van der Waals surface area contributed by atoms with Gasteiger partial charge in [-0.2, -0.15) is 11.8 Å². The van der Waals surface area contributed by atoms with Gasteiger partial charge >= 0.3 is 0 Å². The van der Waals surface area contributed by atoms with Gasteiger partial charge in [0.2, 0.25) is 0 Å². The molecule has 0 heterocycles. The summed E-state index contributed by atoms with van der Waals surface area (Å²) in [5.74, 6) is 1.81. The Labute approximate surface area is 66.8 Å². The smallest absolute Gasteiger partial charge is 0.102 e. The fraction of sp³-hybridized carbons (Fsp3) is 1.00. The number of hydrogen-bond acceptors (Lipinski definition) is 2. The van der Waals surface area contributed by atoms with Gasteiger partial charge in [-0.3, -0.25) is 0 Å². The van der Waals surface area contributed by atoms with E-state index in [-0.39, 0.29) is 6.67 Å². The van der Waals surface area contributed by atoms with Crippen LogP contribution in [-0.4, -0.2) is 31.8 Å². The van der Waals surface area contributed by atoms with E-state index in [1.165, 1.54) is 0 Å². The summed E-state index contributed by atoms with van der Waals surface area (Å²) < 4.78 is 11.6. The Kier molecular flexibility index (Phi) is 7.52. The van der Waals surface area contributed by atoms with Gasteiger partial charge in [-0.1, -0.05) is 6.92 Å². The molecule has 0 aliphatic heterocycles. The molecule has 10 heavy (non-hydrogen) atoms. The van der Waals surface area contributed by atoms with Gasteiger partial charge in [0.1, 0.15) is 6.67 Å². The van der Waals surface area contributed by atoms with Crippen molar-refractivity contribution in [3.8, 4) is 0 Å². The number of thioether (sulfide) groups is 1. The fourth-order valence-corrected chi connectivity index (χ4v) is 1.45. The van der Waals surface area contributed by atoms with Crippen molar-refractivity contribution in [2.45, 2.75) is 6.92 Å². The second-order valence-electron chi connectivity index (χ2n) is 2.45. The van der Waals surface area contributed by atoms with E-state index >= 15 is 0 Å². The first-order valence-corrected chi connectivity index (χ1v) is 4.96. The lowest BCUT2D eigenvalue weighted by molar-refractivity contribution is 0.451. The second-order valence-corrected chi connectivity index (χ2v) is 3.36. The zero-order valence-electron chi connectivity index (χ0n) is 6.69. The van der Waals surface area contributed by atoms with Crippen LogP contribution in [0.5, 0.6) is 0 Å². The zero-order chi connectivity index (χ0) is 7.82. The van der Waals surface area contributed by atoms with E-state index in [1.807, 2.05) is 11.8 Å². The summed E-state index contributed by atoms with van der Waals surface area (Å²) in [6.45, 7) is 3.34. The van der Waals surface area contributed by atoms with E-state index < -0.39 is 0 Å². The van der Waals surface area contributed by atoms with Crippen molar-refractivity contribution < 1.29 is 4.39 Å². The molecule has 0 spiro atoms. The van der Waals surface area contributed by atoms with Crippen LogP contribution < -0.4 is 5.32 Å². The molecule has 0 radical (unpaired) electrons. The molecule has 0 amide bonds. The van der Waals surface area contributed by atoms with Gasteiger partial charge in [-0.25, -0.2) is 4.39 Å². The van der Waals surface area contributed by atoms with Crippen molar-refractivity contribution in [1.82, 2.24) is 5.32 Å². The maximum Gasteiger partial charge on any atom is 0.102 e. The van der Waals surface area contributed by atoms with E-state index in [0.29, 0.717) is 12.5 Å². The lowest BCUT2D eigenvalue weighted by atomic mass is 10.2. The topological polar surface area (TPSA) is 12.0 Å². The Morgan fingerprint density at radius 2 is 2.30 bits per heavy atom. The molecule has 1 N–H and O–H groups in total. The minimum Gasteiger partial charge on any atom is -0.314 e. The molecule has 0 fully saturated rings. The molecule has 62 valence electrons. The van der Waals surface area contributed by atoms with Gasteiger partial charge in [-0.15, -0.1) is 0 Å². The van der Waals surface area contributed by atoms with Crippen LogP contribution in [0.4, 0.5) is 4.39 Å². The minimum absolute atomic E-state index is 0.258. The third kappa shape index (κ3) is 6.36. The van der Waals surface area contributed by atoms with Crippen molar-refractivity contribution >= 4 is 11.8 Å². The first-order chi connectivity index (χ1) is 4.81. The van der Waals surface area contributed by atoms with Crippen LogP contribution in [0.1, 0.15) is 6.92 Å². The second kappa shape index (κ2) is 7.35. The molecule has 1 unspecified atom stereocenters. The van der Waals surface area contributed by atoms with E-state index in [4.69, 9.17) is 0 Å². The molecule has 0 saturated carbocycles. The Bertz CT molecular complexity index is 70.6. The SMILES string of the molecule is CSCC(C)CNCCF. The highest BCUT2D eigenvalue weighted by Gasteiger charge is 1.98. The van der Waals surface area contributed by atoms with Crippen LogP contribution in [0.15, 0.2) is 0 Å². The first kappa shape index (κ1) is 10.2. The van der Waals surface area contributed by atoms with Crippen molar-refractivity contribution in [2.75, 3.05) is 31.8 Å². The Morgan fingerprint density at radius 1 is 1.60 bits per heavy atom. The molecule has 0 aromatic heterocycles. The van der Waals surface area contributed by atoms with E-state index in [0.717, 1.165) is 12.3 Å². The molecule has 0 aliphatic rings. The Balaban J connectivity index is 2.97. The first-order valence-electron chi connectivity index (χ1n) is 3.57. The molecule has 3 heteroatoms. The summed E-state index contributed by atoms with van der Waals surface area (Å²) >= 11 is 1.83. The molecule has 0 bridgehead atoms. The molecule has 0 aromatic carbocycles. The Hall–Kier alpha value is 0.240. The predicted octanol–water partition coefficient (Wildman–Crippen LogP) is 1.54. The summed E-state index contributed by atoms with van der Waals surface area (Å²) in [7, 11) is 0. The molecule has 0 rings (SSSR count). The molecular formula is C7H16FNS. The van der Waals surface area contributed by atoms with Crippen molar-refractivity contribution in [1.29, 1.82) is 0 Å². The van der Waals surface area contributed by atoms with Crippen LogP contribution in [0, 0.1) is 5.92 Å². The summed E-state index contributed by atoms with van der Waals surface area (Å²) in [5, 5.41) is 3.03. The molecular weight excluding hydrogens is 149 g/mol. The van der Waals surface area contributed by atoms with Gasteiger partial charge in [-0.05, 0) is 24.5 Å². The lowest BCUT2D eigenvalue weighted by Gasteiger charge is -2.08. The van der Waals surface area contributed by atoms with Crippen LogP contribution >= 0.6 is 11.8 Å². The highest BCUT2D eigenvalue weighted by Crippen LogP contribution is 2.01. The number of rotatable bonds is 6. The van der Waals surface area contributed by atoms with Crippen LogP contribution in [0.2, 0.25) is 0 Å². The molecule has 0 saturated heterocycles. The molecule has 0 aliphatic carbocycles. The van der Waals surface area contributed by atoms with E-state index in [9.17, 15) is 4.39 Å². The van der Waals surface area contributed by atoms with Gasteiger partial charge in [0.25, 0.3) is 0 Å². The number of nitrogens with one attached hydrogen (secondary N) is 1. The number of hydrogen-bond donors (Lipinski definition) is 1. The summed E-state index contributed by atoms with van der Waals surface area (Å²) in [6.07, 6.45) is 2.09. The van der Waals surface area contributed by atoms with Crippen molar-refractivity contribution in [2.24, 2.45) is 5.92 Å². The summed E-state index contributed by atoms with van der Waals surface area (Å²) in [4.78, 5) is 0. The average Bonchev–Trinajstić information content (AvgIpc) is 1.89. The van der Waals surface area contributed by atoms with Gasteiger partial charge in [0, 0.05) is 6.54 Å². The maximum atomic E-state index is 11.6. The monoisotopic (exact) mass is 165 g/mol. The van der Waals surface area contributed by atoms with E-state index in [2.05, 4.69) is 18.5 Å².